The fourth-order valence-corrected chi connectivity index (χ4v) is 6.36. The highest BCUT2D eigenvalue weighted by atomic mass is 127. The van der Waals surface area contributed by atoms with Gasteiger partial charge in [-0.05, 0) is 94.4 Å². The Labute approximate surface area is 282 Å². The third-order valence-electron chi connectivity index (χ3n) is 6.30. The predicted octanol–water partition coefficient (Wildman–Crippen LogP) is 5.20. The second kappa shape index (κ2) is 15.7. The van der Waals surface area contributed by atoms with Crippen LogP contribution >= 0.6 is 45.2 Å². The Hall–Kier alpha value is -3.86. The van der Waals surface area contributed by atoms with Gasteiger partial charge >= 0.3 is 12.0 Å². The number of nitrogens with zero attached hydrogens (tertiary/aromatic N) is 1. The van der Waals surface area contributed by atoms with Gasteiger partial charge in [0.2, 0.25) is 0 Å². The van der Waals surface area contributed by atoms with Crippen molar-refractivity contribution in [2.75, 3.05) is 20.3 Å². The zero-order valence-corrected chi connectivity index (χ0v) is 28.4. The van der Waals surface area contributed by atoms with Gasteiger partial charge in [-0.25, -0.2) is 15.0 Å². The molecule has 3 aromatic rings. The van der Waals surface area contributed by atoms with E-state index in [1.807, 2.05) is 42.5 Å². The third kappa shape index (κ3) is 8.62. The van der Waals surface area contributed by atoms with Gasteiger partial charge in [-0.3, -0.25) is 4.79 Å². The number of nitrogens with one attached hydrogen (secondary N) is 3. The van der Waals surface area contributed by atoms with Gasteiger partial charge in [-0.1, -0.05) is 36.4 Å². The van der Waals surface area contributed by atoms with Crippen molar-refractivity contribution in [2.45, 2.75) is 26.5 Å². The Morgan fingerprint density at radius 1 is 1.05 bits per heavy atom. The predicted molar refractivity (Wildman–Crippen MR) is 181 cm³/mol. The molecule has 1 aliphatic rings. The minimum Gasteiger partial charge on any atom is -0.493 e. The average molecular weight is 824 g/mol. The molecule has 1 atom stereocenters. The summed E-state index contributed by atoms with van der Waals surface area (Å²) in [6.45, 7) is 3.57. The van der Waals surface area contributed by atoms with E-state index < -0.39 is 23.9 Å². The van der Waals surface area contributed by atoms with Gasteiger partial charge < -0.3 is 29.6 Å². The first-order chi connectivity index (χ1) is 21.2. The minimum absolute atomic E-state index is 0.186. The van der Waals surface area contributed by atoms with Crippen molar-refractivity contribution in [1.29, 1.82) is 0 Å². The smallest absolute Gasteiger partial charge is 0.338 e. The first-order valence-electron chi connectivity index (χ1n) is 13.4. The molecule has 0 bridgehead atoms. The van der Waals surface area contributed by atoms with Crippen molar-refractivity contribution in [3.63, 3.8) is 0 Å². The number of benzene rings is 3. The lowest BCUT2D eigenvalue weighted by atomic mass is 9.95. The molecule has 0 unspecified atom stereocenters. The van der Waals surface area contributed by atoms with Crippen molar-refractivity contribution in [1.82, 2.24) is 16.1 Å². The largest absolute Gasteiger partial charge is 0.493 e. The van der Waals surface area contributed by atoms with E-state index in [-0.39, 0.29) is 24.5 Å². The van der Waals surface area contributed by atoms with Crippen LogP contribution in [-0.2, 0) is 20.9 Å². The molecule has 3 amide bonds. The number of carbonyl (C=O) groups excluding carboxylic acids is 3. The van der Waals surface area contributed by atoms with Crippen molar-refractivity contribution in [3.8, 4) is 17.2 Å². The van der Waals surface area contributed by atoms with Crippen molar-refractivity contribution < 1.29 is 33.3 Å². The maximum absolute atomic E-state index is 12.6. The summed E-state index contributed by atoms with van der Waals surface area (Å²) in [4.78, 5) is 37.4. The molecule has 0 saturated carbocycles. The maximum atomic E-state index is 12.6. The molecule has 1 aliphatic heterocycles. The van der Waals surface area contributed by atoms with Crippen LogP contribution in [0, 0.1) is 7.14 Å². The summed E-state index contributed by atoms with van der Waals surface area (Å²) in [7, 11) is 1.45. The molecule has 3 N–H and O–H groups in total. The zero-order valence-electron chi connectivity index (χ0n) is 24.1. The summed E-state index contributed by atoms with van der Waals surface area (Å²) in [5.74, 6) is 0.218. The molecule has 13 heteroatoms. The summed E-state index contributed by atoms with van der Waals surface area (Å²) in [6, 6.07) is 17.4. The Morgan fingerprint density at radius 3 is 2.55 bits per heavy atom. The molecule has 11 nitrogen and oxygen atoms in total. The van der Waals surface area contributed by atoms with Crippen LogP contribution in [0.15, 0.2) is 77.0 Å². The Bertz CT molecular complexity index is 1600. The van der Waals surface area contributed by atoms with Gasteiger partial charge in [0.15, 0.2) is 18.1 Å². The summed E-state index contributed by atoms with van der Waals surface area (Å²) < 4.78 is 24.4. The van der Waals surface area contributed by atoms with Crippen LogP contribution in [0.2, 0.25) is 0 Å². The van der Waals surface area contributed by atoms with Gasteiger partial charge in [0, 0.05) is 14.8 Å². The number of methoxy groups -OCH3 is 1. The fraction of sp³-hybridized carbons (Fsp3) is 0.226. The second-order valence-corrected chi connectivity index (χ2v) is 11.8. The number of amides is 3. The topological polar surface area (TPSA) is 137 Å². The quantitative estimate of drug-likeness (QED) is 0.0989. The van der Waals surface area contributed by atoms with E-state index in [0.29, 0.717) is 34.9 Å². The lowest BCUT2D eigenvalue weighted by Gasteiger charge is -2.28. The molecule has 44 heavy (non-hydrogen) atoms. The molecule has 0 aromatic heterocycles. The molecular formula is C31H30I2N4O7. The number of esters is 1. The number of rotatable bonds is 12. The lowest BCUT2D eigenvalue weighted by molar-refractivity contribution is -0.139. The van der Waals surface area contributed by atoms with Crippen LogP contribution in [-0.4, -0.2) is 44.4 Å². The molecule has 0 radical (unpaired) electrons. The van der Waals surface area contributed by atoms with E-state index in [4.69, 9.17) is 18.9 Å². The normalized spacial score (nSPS) is 14.5. The highest BCUT2D eigenvalue weighted by Gasteiger charge is 2.32. The van der Waals surface area contributed by atoms with E-state index in [1.165, 1.54) is 13.3 Å². The standard InChI is InChI=1S/C31H30I2N4O7/c1-4-42-30(39)27-18(2)35-31(40)36-28(27)20-10-11-24(25(13-20)41-3)43-17-26(38)37-34-15-21-12-22(32)14-23(33)29(21)44-16-19-8-6-5-7-9-19/h5-15,28H,4,16-17H2,1-3H3,(H,37,38)(H2,35,36,40)/b34-15-/t28-/m0/s1. The molecule has 4 rings (SSSR count). The van der Waals surface area contributed by atoms with E-state index in [9.17, 15) is 14.4 Å². The highest BCUT2D eigenvalue weighted by molar-refractivity contribution is 14.1. The monoisotopic (exact) mass is 824 g/mol. The van der Waals surface area contributed by atoms with Crippen molar-refractivity contribution >= 4 is 69.3 Å². The van der Waals surface area contributed by atoms with Gasteiger partial charge in [0.1, 0.15) is 12.4 Å². The first-order valence-corrected chi connectivity index (χ1v) is 15.6. The number of halogens is 2. The van der Waals surface area contributed by atoms with Crippen molar-refractivity contribution in [3.05, 3.63) is 95.8 Å². The van der Waals surface area contributed by atoms with E-state index >= 15 is 0 Å². The number of hydrogen-bond acceptors (Lipinski definition) is 8. The highest BCUT2D eigenvalue weighted by Crippen LogP contribution is 2.34. The number of hydrogen-bond donors (Lipinski definition) is 3. The average Bonchev–Trinajstić information content (AvgIpc) is 2.99. The molecule has 0 fully saturated rings. The maximum Gasteiger partial charge on any atom is 0.338 e. The number of carbonyl (C=O) groups is 3. The molecule has 0 saturated heterocycles. The van der Waals surface area contributed by atoms with Crippen LogP contribution in [0.4, 0.5) is 4.79 Å². The molecule has 0 spiro atoms. The molecular weight excluding hydrogens is 794 g/mol. The molecule has 3 aromatic carbocycles. The second-order valence-electron chi connectivity index (χ2n) is 9.36. The third-order valence-corrected chi connectivity index (χ3v) is 7.72. The first kappa shape index (κ1) is 33.0. The van der Waals surface area contributed by atoms with E-state index in [2.05, 4.69) is 66.3 Å². The number of allylic oxidation sites excluding steroid dienone is 1. The molecule has 230 valence electrons. The minimum atomic E-state index is -0.769. The van der Waals surface area contributed by atoms with Crippen LogP contribution in [0.3, 0.4) is 0 Å². The zero-order chi connectivity index (χ0) is 31.6. The van der Waals surface area contributed by atoms with Gasteiger partial charge in [-0.2, -0.15) is 5.10 Å². The lowest BCUT2D eigenvalue weighted by Crippen LogP contribution is -2.45. The summed E-state index contributed by atoms with van der Waals surface area (Å²) in [6.07, 6.45) is 1.53. The summed E-state index contributed by atoms with van der Waals surface area (Å²) in [5.41, 5.74) is 5.46. The Balaban J connectivity index is 1.41. The fourth-order valence-electron chi connectivity index (χ4n) is 4.31. The SMILES string of the molecule is CCOC(=O)C1=C(C)NC(=O)N[C@H]1c1ccc(OCC(=O)N/N=C\c2cc(I)cc(I)c2OCc2ccccc2)c(OC)c1. The Morgan fingerprint density at radius 2 is 1.82 bits per heavy atom. The van der Waals surface area contributed by atoms with E-state index in [1.54, 1.807) is 32.0 Å². The van der Waals surface area contributed by atoms with Crippen LogP contribution in [0.5, 0.6) is 17.2 Å². The van der Waals surface area contributed by atoms with Crippen LogP contribution in [0.1, 0.15) is 36.6 Å². The van der Waals surface area contributed by atoms with Gasteiger partial charge in [0.05, 0.1) is 35.1 Å². The number of ether oxygens (including phenoxy) is 4. The molecule has 1 heterocycles. The Kier molecular flexibility index (Phi) is 11.8. The van der Waals surface area contributed by atoms with Gasteiger partial charge in [-0.15, -0.1) is 0 Å². The van der Waals surface area contributed by atoms with Crippen LogP contribution < -0.4 is 30.3 Å². The van der Waals surface area contributed by atoms with Gasteiger partial charge in [0.25, 0.3) is 5.91 Å². The summed E-state index contributed by atoms with van der Waals surface area (Å²) >= 11 is 4.43. The van der Waals surface area contributed by atoms with Crippen molar-refractivity contribution in [2.24, 2.45) is 5.10 Å². The number of urea groups is 1. The van der Waals surface area contributed by atoms with Crippen LogP contribution in [0.25, 0.3) is 0 Å². The molecule has 0 aliphatic carbocycles. The van der Waals surface area contributed by atoms with E-state index in [0.717, 1.165) is 12.7 Å². The number of hydrazone groups is 1. The summed E-state index contributed by atoms with van der Waals surface area (Å²) in [5, 5.41) is 9.45.